The molecule has 0 spiro atoms. The van der Waals surface area contributed by atoms with Crippen LogP contribution < -0.4 is 5.32 Å². The van der Waals surface area contributed by atoms with E-state index in [1.807, 2.05) is 24.3 Å². The van der Waals surface area contributed by atoms with Crippen LogP contribution in [-0.4, -0.2) is 34.5 Å². The van der Waals surface area contributed by atoms with Crippen molar-refractivity contribution in [1.82, 2.24) is 15.3 Å². The van der Waals surface area contributed by atoms with Crippen LogP contribution in [0.4, 0.5) is 0 Å². The zero-order chi connectivity index (χ0) is 22.2. The third kappa shape index (κ3) is 3.91. The predicted octanol–water partition coefficient (Wildman–Crippen LogP) is 3.51. The first-order valence-corrected chi connectivity index (χ1v) is 11.7. The molecule has 4 aliphatic carbocycles. The Balaban J connectivity index is 1.50. The number of nitrogens with one attached hydrogen (secondary N) is 1. The van der Waals surface area contributed by atoms with Gasteiger partial charge in [0.05, 0.1) is 7.11 Å². The molecule has 0 aromatic carbocycles. The van der Waals surface area contributed by atoms with Crippen LogP contribution in [0, 0.1) is 23.2 Å². The van der Waals surface area contributed by atoms with Gasteiger partial charge >= 0.3 is 5.97 Å². The van der Waals surface area contributed by atoms with Crippen molar-refractivity contribution >= 4 is 11.9 Å². The number of esters is 1. The van der Waals surface area contributed by atoms with Crippen LogP contribution in [0.3, 0.4) is 0 Å². The molecule has 4 saturated carbocycles. The smallest absolute Gasteiger partial charge is 0.322 e. The standard InChI is InChI=1S/C26H31N3O3/c1-32-24(31)26(16-18-2-6-27-7-3-18,17-19-4-8-28-9-5-19)23(30)29-25-13-20-10-21(14-25)12-22(11-20)15-25/h2-9,20-22H,10-17H2,1H3,(H,29,30). The molecule has 2 aromatic heterocycles. The molecule has 2 heterocycles. The molecule has 1 N–H and O–H groups in total. The van der Waals surface area contributed by atoms with E-state index >= 15 is 0 Å². The highest BCUT2D eigenvalue weighted by molar-refractivity contribution is 6.03. The quantitative estimate of drug-likeness (QED) is 0.534. The van der Waals surface area contributed by atoms with E-state index in [2.05, 4.69) is 15.3 Å². The number of carbonyl (C=O) groups excluding carboxylic acids is 2. The monoisotopic (exact) mass is 433 g/mol. The average Bonchev–Trinajstić information content (AvgIpc) is 2.78. The van der Waals surface area contributed by atoms with Gasteiger partial charge in [0.2, 0.25) is 5.91 Å². The Morgan fingerprint density at radius 1 is 0.906 bits per heavy atom. The van der Waals surface area contributed by atoms with Gasteiger partial charge in [-0.1, -0.05) is 0 Å². The van der Waals surface area contributed by atoms with Crippen LogP contribution in [-0.2, 0) is 27.2 Å². The first kappa shape index (κ1) is 21.1. The van der Waals surface area contributed by atoms with Crippen molar-refractivity contribution < 1.29 is 14.3 Å². The molecule has 32 heavy (non-hydrogen) atoms. The van der Waals surface area contributed by atoms with Gasteiger partial charge in [-0.25, -0.2) is 0 Å². The van der Waals surface area contributed by atoms with Crippen LogP contribution >= 0.6 is 0 Å². The second-order valence-corrected chi connectivity index (χ2v) is 10.3. The van der Waals surface area contributed by atoms with E-state index in [4.69, 9.17) is 4.74 Å². The van der Waals surface area contributed by atoms with Crippen molar-refractivity contribution in [2.75, 3.05) is 7.11 Å². The minimum atomic E-state index is -1.35. The summed E-state index contributed by atoms with van der Waals surface area (Å²) < 4.78 is 5.27. The normalized spacial score (nSPS) is 28.3. The van der Waals surface area contributed by atoms with Gasteiger partial charge in [-0.2, -0.15) is 0 Å². The molecule has 0 saturated heterocycles. The maximum absolute atomic E-state index is 14.1. The zero-order valence-electron chi connectivity index (χ0n) is 18.6. The third-order valence-electron chi connectivity index (χ3n) is 7.94. The average molecular weight is 434 g/mol. The van der Waals surface area contributed by atoms with Crippen molar-refractivity contribution in [2.24, 2.45) is 23.2 Å². The fourth-order valence-electron chi connectivity index (χ4n) is 6.98. The van der Waals surface area contributed by atoms with Gasteiger partial charge in [0.15, 0.2) is 5.41 Å². The molecule has 0 unspecified atom stereocenters. The molecule has 6 rings (SSSR count). The Morgan fingerprint density at radius 2 is 1.34 bits per heavy atom. The van der Waals surface area contributed by atoms with Gasteiger partial charge in [-0.3, -0.25) is 19.6 Å². The summed E-state index contributed by atoms with van der Waals surface area (Å²) in [5.41, 5.74) is 0.253. The summed E-state index contributed by atoms with van der Waals surface area (Å²) in [5.74, 6) is 1.41. The molecule has 0 aliphatic heterocycles. The Kier molecular flexibility index (Phi) is 5.48. The SMILES string of the molecule is COC(=O)C(Cc1ccncc1)(Cc1ccncc1)C(=O)NC12CC3CC(CC(C3)C1)C2. The second-order valence-electron chi connectivity index (χ2n) is 10.3. The van der Waals surface area contributed by atoms with Crippen molar-refractivity contribution in [3.8, 4) is 0 Å². The number of hydrogen-bond acceptors (Lipinski definition) is 5. The van der Waals surface area contributed by atoms with Crippen LogP contribution in [0.1, 0.15) is 49.7 Å². The summed E-state index contributed by atoms with van der Waals surface area (Å²) in [6, 6.07) is 7.45. The van der Waals surface area contributed by atoms with Gasteiger partial charge < -0.3 is 10.1 Å². The molecular formula is C26H31N3O3. The van der Waals surface area contributed by atoms with E-state index in [1.165, 1.54) is 26.4 Å². The summed E-state index contributed by atoms with van der Waals surface area (Å²) in [7, 11) is 1.37. The minimum absolute atomic E-state index is 0.179. The number of rotatable bonds is 7. The van der Waals surface area contributed by atoms with E-state index in [9.17, 15) is 9.59 Å². The van der Waals surface area contributed by atoms with E-state index in [0.29, 0.717) is 17.8 Å². The number of carbonyl (C=O) groups is 2. The first-order valence-electron chi connectivity index (χ1n) is 11.7. The van der Waals surface area contributed by atoms with E-state index in [-0.39, 0.29) is 24.3 Å². The molecule has 4 bridgehead atoms. The lowest BCUT2D eigenvalue weighted by atomic mass is 9.53. The van der Waals surface area contributed by atoms with Crippen molar-refractivity contribution in [3.63, 3.8) is 0 Å². The molecule has 4 aliphatic rings. The van der Waals surface area contributed by atoms with Crippen molar-refractivity contribution in [3.05, 3.63) is 60.2 Å². The topological polar surface area (TPSA) is 81.2 Å². The summed E-state index contributed by atoms with van der Waals surface area (Å²) in [6.45, 7) is 0. The van der Waals surface area contributed by atoms with E-state index in [0.717, 1.165) is 30.4 Å². The highest BCUT2D eigenvalue weighted by Crippen LogP contribution is 2.56. The molecule has 1 amide bonds. The Bertz CT molecular complexity index is 900. The minimum Gasteiger partial charge on any atom is -0.468 e. The number of pyridine rings is 2. The number of amides is 1. The van der Waals surface area contributed by atoms with Gasteiger partial charge in [0.25, 0.3) is 0 Å². The predicted molar refractivity (Wildman–Crippen MR) is 119 cm³/mol. The Labute approximate surface area is 189 Å². The number of ether oxygens (including phenoxy) is 1. The van der Waals surface area contributed by atoms with Gasteiger partial charge in [0, 0.05) is 30.3 Å². The van der Waals surface area contributed by atoms with Crippen LogP contribution in [0.2, 0.25) is 0 Å². The number of hydrogen-bond donors (Lipinski definition) is 1. The third-order valence-corrected chi connectivity index (χ3v) is 7.94. The highest BCUT2D eigenvalue weighted by Gasteiger charge is 2.55. The van der Waals surface area contributed by atoms with Crippen LogP contribution in [0.15, 0.2) is 49.1 Å². The maximum Gasteiger partial charge on any atom is 0.322 e. The van der Waals surface area contributed by atoms with E-state index in [1.54, 1.807) is 24.8 Å². The molecule has 6 nitrogen and oxygen atoms in total. The zero-order valence-corrected chi connectivity index (χ0v) is 18.6. The largest absolute Gasteiger partial charge is 0.468 e. The molecule has 168 valence electrons. The summed E-state index contributed by atoms with van der Waals surface area (Å²) in [4.78, 5) is 35.7. The molecule has 0 atom stereocenters. The van der Waals surface area contributed by atoms with Crippen LogP contribution in [0.5, 0.6) is 0 Å². The fourth-order valence-corrected chi connectivity index (χ4v) is 6.98. The van der Waals surface area contributed by atoms with Gasteiger partial charge in [0.1, 0.15) is 0 Å². The van der Waals surface area contributed by atoms with Crippen molar-refractivity contribution in [1.29, 1.82) is 0 Å². The molecule has 4 fully saturated rings. The van der Waals surface area contributed by atoms with Crippen LogP contribution in [0.25, 0.3) is 0 Å². The summed E-state index contributed by atoms with van der Waals surface area (Å²) in [6.07, 6.45) is 14.3. The van der Waals surface area contributed by atoms with Gasteiger partial charge in [-0.05, 0) is 105 Å². The lowest BCUT2D eigenvalue weighted by Crippen LogP contribution is -2.63. The fraction of sp³-hybridized carbons (Fsp3) is 0.538. The maximum atomic E-state index is 14.1. The Hall–Kier alpha value is -2.76. The lowest BCUT2D eigenvalue weighted by Gasteiger charge is -2.57. The number of nitrogens with zero attached hydrogens (tertiary/aromatic N) is 2. The van der Waals surface area contributed by atoms with Crippen molar-refractivity contribution in [2.45, 2.75) is 56.9 Å². The molecule has 6 heteroatoms. The summed E-state index contributed by atoms with van der Waals surface area (Å²) >= 11 is 0. The second kappa shape index (κ2) is 8.30. The highest BCUT2D eigenvalue weighted by atomic mass is 16.5. The first-order chi connectivity index (χ1) is 15.5. The molecule has 0 radical (unpaired) electrons. The number of methoxy groups -OCH3 is 1. The lowest BCUT2D eigenvalue weighted by molar-refractivity contribution is -0.160. The molecular weight excluding hydrogens is 402 g/mol. The summed E-state index contributed by atoms with van der Waals surface area (Å²) in [5, 5.41) is 3.45. The molecule has 2 aromatic rings. The van der Waals surface area contributed by atoms with Gasteiger partial charge in [-0.15, -0.1) is 0 Å². The van der Waals surface area contributed by atoms with E-state index < -0.39 is 11.4 Å². The number of aromatic nitrogens is 2. The Morgan fingerprint density at radius 3 is 1.75 bits per heavy atom.